The molecule has 0 saturated heterocycles. The van der Waals surface area contributed by atoms with E-state index < -0.39 is 4.92 Å². The van der Waals surface area contributed by atoms with Gasteiger partial charge >= 0.3 is 5.69 Å². The monoisotopic (exact) mass is 312 g/mol. The summed E-state index contributed by atoms with van der Waals surface area (Å²) in [6, 6.07) is 17.5. The number of hydrogen-bond acceptors (Lipinski definition) is 4. The first-order valence-electron chi connectivity index (χ1n) is 7.88. The topological polar surface area (TPSA) is 55.6 Å². The first-order valence-corrected chi connectivity index (χ1v) is 7.88. The van der Waals surface area contributed by atoms with Gasteiger partial charge in [0.1, 0.15) is 6.61 Å². The molecular formula is C18H20N2O3. The minimum absolute atomic E-state index is 0.0218. The van der Waals surface area contributed by atoms with E-state index in [-0.39, 0.29) is 5.69 Å². The Morgan fingerprint density at radius 1 is 1.09 bits per heavy atom. The van der Waals surface area contributed by atoms with Crippen molar-refractivity contribution in [1.82, 2.24) is 4.90 Å². The zero-order chi connectivity index (χ0) is 16.1. The van der Waals surface area contributed by atoms with Crippen molar-refractivity contribution in [2.24, 2.45) is 0 Å². The van der Waals surface area contributed by atoms with Crippen LogP contribution in [0.1, 0.15) is 18.4 Å². The smallest absolute Gasteiger partial charge is 0.310 e. The minimum atomic E-state index is -0.405. The SMILES string of the molecule is O=[N+]([O-])c1ccccc1OCCN(Cc1ccccc1)C1CC1. The molecule has 23 heavy (non-hydrogen) atoms. The van der Waals surface area contributed by atoms with Crippen LogP contribution in [-0.4, -0.2) is 29.0 Å². The van der Waals surface area contributed by atoms with Crippen LogP contribution in [0.4, 0.5) is 5.69 Å². The van der Waals surface area contributed by atoms with E-state index in [2.05, 4.69) is 17.0 Å². The lowest BCUT2D eigenvalue weighted by molar-refractivity contribution is -0.385. The average molecular weight is 312 g/mol. The number of hydrogen-bond donors (Lipinski definition) is 0. The molecule has 3 rings (SSSR count). The average Bonchev–Trinajstić information content (AvgIpc) is 3.40. The molecule has 0 N–H and O–H groups in total. The molecule has 1 aliphatic rings. The van der Waals surface area contributed by atoms with Crippen LogP contribution in [0.2, 0.25) is 0 Å². The van der Waals surface area contributed by atoms with E-state index in [1.165, 1.54) is 24.5 Å². The van der Waals surface area contributed by atoms with Gasteiger partial charge in [-0.15, -0.1) is 0 Å². The van der Waals surface area contributed by atoms with Crippen molar-refractivity contribution in [2.75, 3.05) is 13.2 Å². The first kappa shape index (κ1) is 15.5. The van der Waals surface area contributed by atoms with Crippen LogP contribution in [0.25, 0.3) is 0 Å². The Kier molecular flexibility index (Phi) is 4.88. The Labute approximate surface area is 135 Å². The number of nitro benzene ring substituents is 1. The first-order chi connectivity index (χ1) is 11.2. The van der Waals surface area contributed by atoms with Crippen molar-refractivity contribution in [1.29, 1.82) is 0 Å². The number of nitro groups is 1. The van der Waals surface area contributed by atoms with Gasteiger partial charge in [0.05, 0.1) is 4.92 Å². The third-order valence-corrected chi connectivity index (χ3v) is 3.99. The molecule has 1 fully saturated rings. The number of benzene rings is 2. The van der Waals surface area contributed by atoms with Crippen molar-refractivity contribution in [3.05, 3.63) is 70.3 Å². The fourth-order valence-corrected chi connectivity index (χ4v) is 2.65. The van der Waals surface area contributed by atoms with Gasteiger partial charge in [0.2, 0.25) is 0 Å². The lowest BCUT2D eigenvalue weighted by Gasteiger charge is -2.22. The van der Waals surface area contributed by atoms with E-state index in [0.29, 0.717) is 18.4 Å². The van der Waals surface area contributed by atoms with E-state index in [1.54, 1.807) is 18.2 Å². The fraction of sp³-hybridized carbons (Fsp3) is 0.333. The highest BCUT2D eigenvalue weighted by molar-refractivity contribution is 5.45. The zero-order valence-corrected chi connectivity index (χ0v) is 12.9. The summed E-state index contributed by atoms with van der Waals surface area (Å²) >= 11 is 0. The Bertz CT molecular complexity index is 656. The normalized spacial score (nSPS) is 14.0. The largest absolute Gasteiger partial charge is 0.485 e. The van der Waals surface area contributed by atoms with Gasteiger partial charge in [0.25, 0.3) is 0 Å². The van der Waals surface area contributed by atoms with Crippen molar-refractivity contribution in [3.63, 3.8) is 0 Å². The summed E-state index contributed by atoms with van der Waals surface area (Å²) < 4.78 is 5.66. The molecule has 5 nitrogen and oxygen atoms in total. The van der Waals surface area contributed by atoms with Crippen LogP contribution in [0.3, 0.4) is 0 Å². The van der Waals surface area contributed by atoms with Crippen molar-refractivity contribution in [3.8, 4) is 5.75 Å². The summed E-state index contributed by atoms with van der Waals surface area (Å²) in [7, 11) is 0. The predicted octanol–water partition coefficient (Wildman–Crippen LogP) is 3.64. The Balaban J connectivity index is 1.57. The molecule has 1 saturated carbocycles. The second kappa shape index (κ2) is 7.24. The van der Waals surface area contributed by atoms with Crippen LogP contribution in [0, 0.1) is 10.1 Å². The predicted molar refractivity (Wildman–Crippen MR) is 88.5 cm³/mol. The van der Waals surface area contributed by atoms with Crippen LogP contribution in [0.5, 0.6) is 5.75 Å². The molecule has 120 valence electrons. The number of para-hydroxylation sites is 2. The van der Waals surface area contributed by atoms with Crippen LogP contribution < -0.4 is 4.74 Å². The Morgan fingerprint density at radius 2 is 1.78 bits per heavy atom. The highest BCUT2D eigenvalue weighted by atomic mass is 16.6. The molecule has 0 amide bonds. The van der Waals surface area contributed by atoms with Crippen molar-refractivity contribution >= 4 is 5.69 Å². The summed E-state index contributed by atoms with van der Waals surface area (Å²) in [5, 5.41) is 11.0. The van der Waals surface area contributed by atoms with Gasteiger partial charge < -0.3 is 4.74 Å². The van der Waals surface area contributed by atoms with E-state index in [1.807, 2.05) is 18.2 Å². The quantitative estimate of drug-likeness (QED) is 0.551. The molecule has 0 bridgehead atoms. The number of ether oxygens (including phenoxy) is 1. The van der Waals surface area contributed by atoms with Crippen LogP contribution >= 0.6 is 0 Å². The van der Waals surface area contributed by atoms with E-state index >= 15 is 0 Å². The van der Waals surface area contributed by atoms with E-state index in [9.17, 15) is 10.1 Å². The standard InChI is InChI=1S/C18H20N2O3/c21-20(22)17-8-4-5-9-18(17)23-13-12-19(16-10-11-16)14-15-6-2-1-3-7-15/h1-9,16H,10-14H2. The van der Waals surface area contributed by atoms with Gasteiger partial charge in [0, 0.05) is 25.2 Å². The van der Waals surface area contributed by atoms with Gasteiger partial charge in [-0.25, -0.2) is 0 Å². The zero-order valence-electron chi connectivity index (χ0n) is 12.9. The van der Waals surface area contributed by atoms with Gasteiger partial charge in [-0.2, -0.15) is 0 Å². The molecule has 2 aromatic rings. The molecule has 0 aromatic heterocycles. The summed E-state index contributed by atoms with van der Waals surface area (Å²) in [4.78, 5) is 13.0. The number of nitrogens with zero attached hydrogens (tertiary/aromatic N) is 2. The lowest BCUT2D eigenvalue weighted by Crippen LogP contribution is -2.30. The van der Waals surface area contributed by atoms with E-state index in [4.69, 9.17) is 4.74 Å². The Morgan fingerprint density at radius 3 is 2.48 bits per heavy atom. The van der Waals surface area contributed by atoms with E-state index in [0.717, 1.165) is 13.1 Å². The lowest BCUT2D eigenvalue weighted by atomic mass is 10.2. The van der Waals surface area contributed by atoms with Crippen LogP contribution in [0.15, 0.2) is 54.6 Å². The Hall–Kier alpha value is -2.40. The molecule has 2 aromatic carbocycles. The highest BCUT2D eigenvalue weighted by Gasteiger charge is 2.28. The fourth-order valence-electron chi connectivity index (χ4n) is 2.65. The molecule has 0 unspecified atom stereocenters. The molecule has 0 atom stereocenters. The van der Waals surface area contributed by atoms with Crippen LogP contribution in [-0.2, 0) is 6.54 Å². The second-order valence-corrected chi connectivity index (χ2v) is 5.76. The van der Waals surface area contributed by atoms with Gasteiger partial charge in [-0.05, 0) is 24.5 Å². The molecule has 0 spiro atoms. The summed E-state index contributed by atoms with van der Waals surface area (Å²) in [5.41, 5.74) is 1.30. The summed E-state index contributed by atoms with van der Waals surface area (Å²) in [5.74, 6) is 0.341. The number of rotatable bonds is 8. The molecule has 5 heteroatoms. The molecule has 0 heterocycles. The maximum absolute atomic E-state index is 11.0. The molecular weight excluding hydrogens is 292 g/mol. The van der Waals surface area contributed by atoms with Crippen molar-refractivity contribution < 1.29 is 9.66 Å². The summed E-state index contributed by atoms with van der Waals surface area (Å²) in [6.07, 6.45) is 2.44. The molecule has 1 aliphatic carbocycles. The molecule has 0 aliphatic heterocycles. The maximum atomic E-state index is 11.0. The maximum Gasteiger partial charge on any atom is 0.310 e. The van der Waals surface area contributed by atoms with Gasteiger partial charge in [-0.3, -0.25) is 15.0 Å². The van der Waals surface area contributed by atoms with Gasteiger partial charge in [-0.1, -0.05) is 42.5 Å². The molecule has 0 radical (unpaired) electrons. The third kappa shape index (κ3) is 4.29. The van der Waals surface area contributed by atoms with Crippen molar-refractivity contribution in [2.45, 2.75) is 25.4 Å². The summed E-state index contributed by atoms with van der Waals surface area (Å²) in [6.45, 7) is 2.12. The minimum Gasteiger partial charge on any atom is -0.485 e. The highest BCUT2D eigenvalue weighted by Crippen LogP contribution is 2.29. The van der Waals surface area contributed by atoms with Gasteiger partial charge in [0.15, 0.2) is 5.75 Å². The second-order valence-electron chi connectivity index (χ2n) is 5.76. The third-order valence-electron chi connectivity index (χ3n) is 3.99.